The van der Waals surface area contributed by atoms with Gasteiger partial charge in [0.25, 0.3) is 0 Å². The van der Waals surface area contributed by atoms with E-state index in [0.717, 1.165) is 0 Å². The van der Waals surface area contributed by atoms with Gasteiger partial charge in [-0.25, -0.2) is 4.39 Å². The zero-order valence-electron chi connectivity index (χ0n) is 15.8. The first-order valence-corrected chi connectivity index (χ1v) is 10.3. The number of rotatable bonds is 4. The topological polar surface area (TPSA) is 73.6 Å². The molecule has 7 heteroatoms. The number of allylic oxidation sites excluding steroid dienone is 1. The summed E-state index contributed by atoms with van der Waals surface area (Å²) in [5.74, 6) is -0.183. The molecule has 2 aliphatic heterocycles. The maximum absolute atomic E-state index is 13.3. The van der Waals surface area contributed by atoms with Crippen molar-refractivity contribution in [3.05, 3.63) is 76.1 Å². The van der Waals surface area contributed by atoms with Gasteiger partial charge in [-0.05, 0) is 36.8 Å². The number of carbonyl (C=O) groups excluding carboxylic acids is 1. The Morgan fingerprint density at radius 3 is 2.59 bits per heavy atom. The van der Waals surface area contributed by atoms with Gasteiger partial charge in [0.05, 0.1) is 29.0 Å². The van der Waals surface area contributed by atoms with E-state index < -0.39 is 11.6 Å². The highest BCUT2D eigenvalue weighted by molar-refractivity contribution is 8.03. The molecule has 0 bridgehead atoms. The Bertz CT molecular complexity index is 1010. The van der Waals surface area contributed by atoms with Crippen molar-refractivity contribution in [3.63, 3.8) is 0 Å². The minimum atomic E-state index is -1.53. The average Bonchev–Trinajstić information content (AvgIpc) is 3.08. The molecule has 1 N–H and O–H groups in total. The summed E-state index contributed by atoms with van der Waals surface area (Å²) in [6, 6.07) is 15.0. The molecule has 1 amide bonds. The number of carbonyl (C=O) groups is 1. The van der Waals surface area contributed by atoms with Crippen LogP contribution in [0.3, 0.4) is 0 Å². The number of nitrogens with zero attached hydrogens (tertiary/aromatic N) is 2. The first-order chi connectivity index (χ1) is 14.0. The zero-order chi connectivity index (χ0) is 20.6. The van der Waals surface area contributed by atoms with Crippen molar-refractivity contribution in [1.29, 1.82) is 5.26 Å². The lowest BCUT2D eigenvalue weighted by Crippen LogP contribution is -2.48. The number of ether oxygens (including phenoxy) is 1. The Morgan fingerprint density at radius 1 is 1.28 bits per heavy atom. The van der Waals surface area contributed by atoms with Gasteiger partial charge >= 0.3 is 0 Å². The van der Waals surface area contributed by atoms with E-state index >= 15 is 0 Å². The Hall–Kier alpha value is -2.82. The summed E-state index contributed by atoms with van der Waals surface area (Å²) in [4.78, 5) is 14.4. The SMILES string of the molecule is CCOc1ccc(C2(O)CSC3=C(C#N)C(c4ccc(F)cc4)CC(=O)N32)cc1. The Kier molecular flexibility index (Phi) is 5.07. The van der Waals surface area contributed by atoms with Crippen molar-refractivity contribution in [2.45, 2.75) is 25.0 Å². The molecule has 1 fully saturated rings. The van der Waals surface area contributed by atoms with E-state index in [1.54, 1.807) is 36.4 Å². The largest absolute Gasteiger partial charge is 0.494 e. The van der Waals surface area contributed by atoms with Gasteiger partial charge in [-0.1, -0.05) is 24.3 Å². The highest BCUT2D eigenvalue weighted by Crippen LogP contribution is 2.51. The summed E-state index contributed by atoms with van der Waals surface area (Å²) in [7, 11) is 0. The molecule has 2 aliphatic rings. The lowest BCUT2D eigenvalue weighted by Gasteiger charge is -2.38. The number of aliphatic hydroxyl groups is 1. The molecule has 0 spiro atoms. The van der Waals surface area contributed by atoms with Gasteiger partial charge in [0.2, 0.25) is 5.91 Å². The molecule has 2 unspecified atom stereocenters. The van der Waals surface area contributed by atoms with E-state index in [2.05, 4.69) is 6.07 Å². The summed E-state index contributed by atoms with van der Waals surface area (Å²) < 4.78 is 18.7. The molecule has 5 nitrogen and oxygen atoms in total. The van der Waals surface area contributed by atoms with Crippen LogP contribution in [0.25, 0.3) is 0 Å². The zero-order valence-corrected chi connectivity index (χ0v) is 16.6. The average molecular weight is 410 g/mol. The molecule has 148 valence electrons. The van der Waals surface area contributed by atoms with Crippen molar-refractivity contribution in [2.24, 2.45) is 0 Å². The standard InChI is InChI=1S/C22H19FN2O3S/c1-2-28-17-9-5-15(6-10-17)22(27)13-29-21-19(12-24)18(11-20(26)25(21)22)14-3-7-16(23)8-4-14/h3-10,18,27H,2,11,13H2,1H3. The predicted molar refractivity (Wildman–Crippen MR) is 107 cm³/mol. The third kappa shape index (κ3) is 3.28. The number of benzene rings is 2. The van der Waals surface area contributed by atoms with Gasteiger partial charge in [0.1, 0.15) is 11.6 Å². The lowest BCUT2D eigenvalue weighted by atomic mass is 9.85. The summed E-state index contributed by atoms with van der Waals surface area (Å²) in [5.41, 5.74) is 0.162. The fourth-order valence-electron chi connectivity index (χ4n) is 3.80. The Balaban J connectivity index is 1.73. The fraction of sp³-hybridized carbons (Fsp3) is 0.273. The third-order valence-corrected chi connectivity index (χ3v) is 6.43. The molecule has 0 radical (unpaired) electrons. The molecule has 29 heavy (non-hydrogen) atoms. The number of thioether (sulfide) groups is 1. The van der Waals surface area contributed by atoms with Crippen molar-refractivity contribution in [2.75, 3.05) is 12.4 Å². The molecule has 0 aromatic heterocycles. The molecule has 2 aromatic rings. The van der Waals surface area contributed by atoms with E-state index in [1.165, 1.54) is 28.8 Å². The minimum Gasteiger partial charge on any atom is -0.494 e. The number of amides is 1. The van der Waals surface area contributed by atoms with Crippen LogP contribution in [0.4, 0.5) is 4.39 Å². The second-order valence-corrected chi connectivity index (χ2v) is 7.89. The molecule has 2 atom stereocenters. The van der Waals surface area contributed by atoms with Crippen LogP contribution in [0.1, 0.15) is 30.4 Å². The normalized spacial score (nSPS) is 23.7. The molecule has 2 aromatic carbocycles. The van der Waals surface area contributed by atoms with Crippen LogP contribution in [-0.4, -0.2) is 28.3 Å². The van der Waals surface area contributed by atoms with Gasteiger partial charge in [0, 0.05) is 17.9 Å². The quantitative estimate of drug-likeness (QED) is 0.828. The number of hydrogen-bond donors (Lipinski definition) is 1. The maximum Gasteiger partial charge on any atom is 0.231 e. The van der Waals surface area contributed by atoms with Crippen LogP contribution in [0.2, 0.25) is 0 Å². The van der Waals surface area contributed by atoms with E-state index in [1.807, 2.05) is 6.92 Å². The number of nitriles is 1. The summed E-state index contributed by atoms with van der Waals surface area (Å²) in [6.45, 7) is 2.42. The first-order valence-electron chi connectivity index (χ1n) is 9.29. The van der Waals surface area contributed by atoms with Crippen molar-refractivity contribution >= 4 is 17.7 Å². The molecule has 0 aliphatic carbocycles. The monoisotopic (exact) mass is 410 g/mol. The van der Waals surface area contributed by atoms with E-state index in [0.29, 0.717) is 34.1 Å². The van der Waals surface area contributed by atoms with E-state index in [4.69, 9.17) is 4.74 Å². The molecular formula is C22H19FN2O3S. The molecule has 2 heterocycles. The highest BCUT2D eigenvalue weighted by atomic mass is 32.2. The lowest BCUT2D eigenvalue weighted by molar-refractivity contribution is -0.149. The minimum absolute atomic E-state index is 0.0396. The van der Waals surface area contributed by atoms with E-state index in [-0.39, 0.29) is 23.9 Å². The second kappa shape index (κ2) is 7.54. The second-order valence-electron chi connectivity index (χ2n) is 6.93. The van der Waals surface area contributed by atoms with Gasteiger partial charge < -0.3 is 9.84 Å². The molecule has 4 rings (SSSR count). The van der Waals surface area contributed by atoms with Crippen molar-refractivity contribution in [3.8, 4) is 11.8 Å². The number of hydrogen-bond acceptors (Lipinski definition) is 5. The Morgan fingerprint density at radius 2 is 1.97 bits per heavy atom. The maximum atomic E-state index is 13.3. The van der Waals surface area contributed by atoms with Crippen LogP contribution in [0.15, 0.2) is 59.1 Å². The first kappa shape index (κ1) is 19.5. The van der Waals surface area contributed by atoms with Crippen LogP contribution in [-0.2, 0) is 10.5 Å². The van der Waals surface area contributed by atoms with Crippen LogP contribution >= 0.6 is 11.8 Å². The molecule has 1 saturated heterocycles. The van der Waals surface area contributed by atoms with Crippen molar-refractivity contribution in [1.82, 2.24) is 4.90 Å². The summed E-state index contributed by atoms with van der Waals surface area (Å²) in [5, 5.41) is 21.7. The van der Waals surface area contributed by atoms with Gasteiger partial charge in [0.15, 0.2) is 5.72 Å². The van der Waals surface area contributed by atoms with Crippen LogP contribution in [0.5, 0.6) is 5.75 Å². The Labute approximate surface area is 172 Å². The number of halogens is 1. The van der Waals surface area contributed by atoms with Gasteiger partial charge in [-0.15, -0.1) is 11.8 Å². The van der Waals surface area contributed by atoms with Crippen LogP contribution in [0, 0.1) is 17.1 Å². The molecule has 0 saturated carbocycles. The van der Waals surface area contributed by atoms with Gasteiger partial charge in [-0.2, -0.15) is 5.26 Å². The fourth-order valence-corrected chi connectivity index (χ4v) is 5.16. The molecular weight excluding hydrogens is 391 g/mol. The summed E-state index contributed by atoms with van der Waals surface area (Å²) >= 11 is 1.29. The third-order valence-electron chi connectivity index (χ3n) is 5.21. The van der Waals surface area contributed by atoms with Crippen LogP contribution < -0.4 is 4.74 Å². The smallest absolute Gasteiger partial charge is 0.231 e. The highest BCUT2D eigenvalue weighted by Gasteiger charge is 2.51. The van der Waals surface area contributed by atoms with Crippen molar-refractivity contribution < 1.29 is 19.0 Å². The van der Waals surface area contributed by atoms with Gasteiger partial charge in [-0.3, -0.25) is 9.69 Å². The van der Waals surface area contributed by atoms with E-state index in [9.17, 15) is 19.6 Å². The summed E-state index contributed by atoms with van der Waals surface area (Å²) in [6.07, 6.45) is 0.0396. The number of fused-ring (bicyclic) bond motifs is 1. The predicted octanol–water partition coefficient (Wildman–Crippen LogP) is 3.87.